The van der Waals surface area contributed by atoms with Gasteiger partial charge in [-0.3, -0.25) is 4.79 Å². The first-order valence-corrected chi connectivity index (χ1v) is 7.61. The van der Waals surface area contributed by atoms with Gasteiger partial charge in [0.1, 0.15) is 17.4 Å². The number of nitrogens with one attached hydrogen (secondary N) is 1. The van der Waals surface area contributed by atoms with Crippen LogP contribution in [0.3, 0.4) is 0 Å². The van der Waals surface area contributed by atoms with Crippen molar-refractivity contribution in [1.29, 1.82) is 0 Å². The molecule has 1 fully saturated rings. The van der Waals surface area contributed by atoms with Gasteiger partial charge in [-0.25, -0.2) is 8.78 Å². The Morgan fingerprint density at radius 3 is 2.70 bits per heavy atom. The normalized spacial score (nSPS) is 14.2. The van der Waals surface area contributed by atoms with Gasteiger partial charge in [0, 0.05) is 12.1 Å². The van der Waals surface area contributed by atoms with Gasteiger partial charge >= 0.3 is 0 Å². The van der Waals surface area contributed by atoms with Crippen LogP contribution in [-0.2, 0) is 6.54 Å². The van der Waals surface area contributed by atoms with Crippen LogP contribution in [0.2, 0.25) is 0 Å². The summed E-state index contributed by atoms with van der Waals surface area (Å²) in [6, 6.07) is 10.1. The van der Waals surface area contributed by atoms with Crippen molar-refractivity contribution >= 4 is 5.91 Å². The molecule has 2 aromatic rings. The summed E-state index contributed by atoms with van der Waals surface area (Å²) in [7, 11) is 0. The number of carbonyl (C=O) groups excluding carboxylic acids is 1. The molecular formula is C18H17F2NO2. The third-order valence-electron chi connectivity index (χ3n) is 3.92. The van der Waals surface area contributed by atoms with E-state index in [0.29, 0.717) is 11.3 Å². The summed E-state index contributed by atoms with van der Waals surface area (Å²) in [5.74, 6) is -0.937. The molecule has 0 spiro atoms. The molecule has 0 aromatic heterocycles. The quantitative estimate of drug-likeness (QED) is 0.910. The van der Waals surface area contributed by atoms with Crippen molar-refractivity contribution in [3.63, 3.8) is 0 Å². The number of amides is 1. The molecule has 23 heavy (non-hydrogen) atoms. The SMILES string of the molecule is O=C(NCc1cc(F)ccc1F)c1ccccc1OC1CCC1. The van der Waals surface area contributed by atoms with E-state index in [1.54, 1.807) is 24.3 Å². The lowest BCUT2D eigenvalue weighted by Gasteiger charge is -2.27. The van der Waals surface area contributed by atoms with Crippen LogP contribution in [0.25, 0.3) is 0 Å². The largest absolute Gasteiger partial charge is 0.490 e. The Morgan fingerprint density at radius 1 is 1.17 bits per heavy atom. The number of para-hydroxylation sites is 1. The van der Waals surface area contributed by atoms with Crippen LogP contribution in [0.4, 0.5) is 8.78 Å². The van der Waals surface area contributed by atoms with Gasteiger partial charge in [0.2, 0.25) is 0 Å². The number of benzene rings is 2. The lowest BCUT2D eigenvalue weighted by atomic mass is 9.96. The van der Waals surface area contributed by atoms with Crippen LogP contribution >= 0.6 is 0 Å². The van der Waals surface area contributed by atoms with Crippen LogP contribution in [0.5, 0.6) is 5.75 Å². The standard InChI is InChI=1S/C18H17F2NO2/c19-13-8-9-16(20)12(10-13)11-21-18(22)15-6-1-2-7-17(15)23-14-4-3-5-14/h1-2,6-10,14H,3-5,11H2,(H,21,22). The van der Waals surface area contributed by atoms with E-state index in [-0.39, 0.29) is 24.1 Å². The zero-order valence-electron chi connectivity index (χ0n) is 12.5. The van der Waals surface area contributed by atoms with Gasteiger partial charge in [-0.1, -0.05) is 12.1 Å². The van der Waals surface area contributed by atoms with E-state index in [2.05, 4.69) is 5.32 Å². The number of ether oxygens (including phenoxy) is 1. The van der Waals surface area contributed by atoms with Gasteiger partial charge < -0.3 is 10.1 Å². The maximum absolute atomic E-state index is 13.6. The van der Waals surface area contributed by atoms with Crippen molar-refractivity contribution in [1.82, 2.24) is 5.32 Å². The van der Waals surface area contributed by atoms with E-state index in [4.69, 9.17) is 4.74 Å². The molecule has 1 amide bonds. The van der Waals surface area contributed by atoms with Crippen molar-refractivity contribution in [3.8, 4) is 5.75 Å². The van der Waals surface area contributed by atoms with Crippen molar-refractivity contribution in [2.24, 2.45) is 0 Å². The number of hydrogen-bond donors (Lipinski definition) is 1. The van der Waals surface area contributed by atoms with Gasteiger partial charge in [0.25, 0.3) is 5.91 Å². The molecule has 5 heteroatoms. The predicted octanol–water partition coefficient (Wildman–Crippen LogP) is 3.83. The zero-order valence-corrected chi connectivity index (χ0v) is 12.5. The van der Waals surface area contributed by atoms with Crippen LogP contribution in [0.15, 0.2) is 42.5 Å². The molecule has 2 aromatic carbocycles. The van der Waals surface area contributed by atoms with Crippen molar-refractivity contribution < 1.29 is 18.3 Å². The molecule has 120 valence electrons. The first-order valence-electron chi connectivity index (χ1n) is 7.61. The van der Waals surface area contributed by atoms with Gasteiger partial charge in [0.05, 0.1) is 11.7 Å². The molecule has 1 saturated carbocycles. The monoisotopic (exact) mass is 317 g/mol. The first kappa shape index (κ1) is 15.5. The van der Waals surface area contributed by atoms with Crippen LogP contribution < -0.4 is 10.1 Å². The molecule has 0 heterocycles. The lowest BCUT2D eigenvalue weighted by Crippen LogP contribution is -2.28. The van der Waals surface area contributed by atoms with Gasteiger partial charge in [-0.2, -0.15) is 0 Å². The van der Waals surface area contributed by atoms with Gasteiger partial charge in [0.15, 0.2) is 0 Å². The summed E-state index contributed by atoms with van der Waals surface area (Å²) in [5.41, 5.74) is 0.506. The average Bonchev–Trinajstić information content (AvgIpc) is 2.52. The fraction of sp³-hybridized carbons (Fsp3) is 0.278. The number of halogens is 2. The topological polar surface area (TPSA) is 38.3 Å². The first-order chi connectivity index (χ1) is 11.1. The summed E-state index contributed by atoms with van der Waals surface area (Å²) in [5, 5.41) is 2.61. The Hall–Kier alpha value is -2.43. The molecule has 0 radical (unpaired) electrons. The highest BCUT2D eigenvalue weighted by Crippen LogP contribution is 2.27. The van der Waals surface area contributed by atoms with Crippen molar-refractivity contribution in [3.05, 3.63) is 65.2 Å². The summed E-state index contributed by atoms with van der Waals surface area (Å²) < 4.78 is 32.5. The number of rotatable bonds is 5. The van der Waals surface area contributed by atoms with Crippen LogP contribution in [-0.4, -0.2) is 12.0 Å². The van der Waals surface area contributed by atoms with Crippen molar-refractivity contribution in [2.75, 3.05) is 0 Å². The van der Waals surface area contributed by atoms with E-state index in [0.717, 1.165) is 37.5 Å². The minimum Gasteiger partial charge on any atom is -0.490 e. The summed E-state index contributed by atoms with van der Waals surface area (Å²) in [4.78, 5) is 12.3. The summed E-state index contributed by atoms with van der Waals surface area (Å²) >= 11 is 0. The molecule has 0 unspecified atom stereocenters. The van der Waals surface area contributed by atoms with E-state index in [1.807, 2.05) is 0 Å². The van der Waals surface area contributed by atoms with Crippen LogP contribution in [0.1, 0.15) is 35.2 Å². The molecule has 0 atom stereocenters. The predicted molar refractivity (Wildman–Crippen MR) is 82.2 cm³/mol. The van der Waals surface area contributed by atoms with E-state index >= 15 is 0 Å². The maximum Gasteiger partial charge on any atom is 0.255 e. The fourth-order valence-corrected chi connectivity index (χ4v) is 2.37. The van der Waals surface area contributed by atoms with Gasteiger partial charge in [-0.05, 0) is 49.6 Å². The molecule has 3 nitrogen and oxygen atoms in total. The zero-order chi connectivity index (χ0) is 16.2. The fourth-order valence-electron chi connectivity index (χ4n) is 2.37. The second-order valence-electron chi connectivity index (χ2n) is 5.59. The minimum absolute atomic E-state index is 0.0831. The lowest BCUT2D eigenvalue weighted by molar-refractivity contribution is 0.0925. The highest BCUT2D eigenvalue weighted by atomic mass is 19.1. The highest BCUT2D eigenvalue weighted by molar-refractivity contribution is 5.96. The third kappa shape index (κ3) is 3.67. The molecule has 0 bridgehead atoms. The minimum atomic E-state index is -0.550. The number of hydrogen-bond acceptors (Lipinski definition) is 2. The van der Waals surface area contributed by atoms with Gasteiger partial charge in [-0.15, -0.1) is 0 Å². The molecule has 0 aliphatic heterocycles. The summed E-state index contributed by atoms with van der Waals surface area (Å²) in [6.07, 6.45) is 3.27. The Kier molecular flexibility index (Phi) is 4.55. The molecule has 1 N–H and O–H groups in total. The molecule has 0 saturated heterocycles. The highest BCUT2D eigenvalue weighted by Gasteiger charge is 2.21. The summed E-state index contributed by atoms with van der Waals surface area (Å²) in [6.45, 7) is -0.0831. The van der Waals surface area contributed by atoms with E-state index in [9.17, 15) is 13.6 Å². The van der Waals surface area contributed by atoms with E-state index in [1.165, 1.54) is 0 Å². The Balaban J connectivity index is 1.69. The Bertz CT molecular complexity index is 714. The maximum atomic E-state index is 13.6. The molecule has 3 rings (SSSR count). The second kappa shape index (κ2) is 6.77. The third-order valence-corrected chi connectivity index (χ3v) is 3.92. The smallest absolute Gasteiger partial charge is 0.255 e. The Morgan fingerprint density at radius 2 is 1.96 bits per heavy atom. The van der Waals surface area contributed by atoms with Crippen LogP contribution in [0, 0.1) is 11.6 Å². The second-order valence-corrected chi connectivity index (χ2v) is 5.59. The average molecular weight is 317 g/mol. The van der Waals surface area contributed by atoms with Crippen molar-refractivity contribution in [2.45, 2.75) is 31.9 Å². The molecule has 1 aliphatic carbocycles. The Labute approximate surface area is 133 Å². The molecular weight excluding hydrogens is 300 g/mol. The van der Waals surface area contributed by atoms with E-state index < -0.39 is 11.6 Å². The number of carbonyl (C=O) groups is 1. The molecule has 1 aliphatic rings.